The Hall–Kier alpha value is -2.64. The molecule has 3 rings (SSSR count). The zero-order chi connectivity index (χ0) is 17.8. The Labute approximate surface area is 147 Å². The van der Waals surface area contributed by atoms with Crippen molar-refractivity contribution in [3.05, 3.63) is 70.6 Å². The van der Waals surface area contributed by atoms with E-state index >= 15 is 0 Å². The van der Waals surface area contributed by atoms with E-state index in [-0.39, 0.29) is 5.91 Å². The number of thiazole rings is 1. The van der Waals surface area contributed by atoms with Crippen LogP contribution in [-0.4, -0.2) is 18.0 Å². The van der Waals surface area contributed by atoms with Gasteiger partial charge in [-0.05, 0) is 35.9 Å². The predicted octanol–water partition coefficient (Wildman–Crippen LogP) is 4.49. The van der Waals surface area contributed by atoms with E-state index in [1.165, 1.54) is 17.4 Å². The van der Waals surface area contributed by atoms with Crippen LogP contribution in [0.3, 0.4) is 0 Å². The molecule has 0 aliphatic rings. The molecule has 4 nitrogen and oxygen atoms in total. The Bertz CT molecular complexity index is 894. The molecule has 0 unspecified atom stereocenters. The highest BCUT2D eigenvalue weighted by atomic mass is 32.1. The maximum atomic E-state index is 13.3. The summed E-state index contributed by atoms with van der Waals surface area (Å²) in [6.07, 6.45) is 0. The van der Waals surface area contributed by atoms with Crippen molar-refractivity contribution in [2.24, 2.45) is 0 Å². The Kier molecular flexibility index (Phi) is 5.16. The van der Waals surface area contributed by atoms with Crippen molar-refractivity contribution in [2.45, 2.75) is 6.61 Å². The number of amides is 1. The van der Waals surface area contributed by atoms with Crippen LogP contribution in [0.15, 0.2) is 47.8 Å². The molecule has 25 heavy (non-hydrogen) atoms. The van der Waals surface area contributed by atoms with E-state index in [2.05, 4.69) is 10.3 Å². The fraction of sp³-hybridized carbons (Fsp3) is 0.111. The van der Waals surface area contributed by atoms with Crippen molar-refractivity contribution < 1.29 is 18.3 Å². The number of carbonyl (C=O) groups excluding carboxylic acids is 1. The molecule has 0 saturated heterocycles. The van der Waals surface area contributed by atoms with E-state index in [0.717, 1.165) is 17.7 Å². The number of methoxy groups -OCH3 is 1. The average Bonchev–Trinajstić information content (AvgIpc) is 3.07. The highest BCUT2D eigenvalue weighted by Gasteiger charge is 2.11. The second-order valence-electron chi connectivity index (χ2n) is 5.25. The van der Waals surface area contributed by atoms with Gasteiger partial charge in [0.25, 0.3) is 5.91 Å². The first-order valence-corrected chi connectivity index (χ1v) is 8.25. The lowest BCUT2D eigenvalue weighted by Crippen LogP contribution is -2.11. The van der Waals surface area contributed by atoms with Crippen molar-refractivity contribution in [3.8, 4) is 11.3 Å². The number of hydrogen-bond acceptors (Lipinski definition) is 4. The van der Waals surface area contributed by atoms with E-state index in [4.69, 9.17) is 4.74 Å². The number of hydrogen-bond donors (Lipinski definition) is 1. The zero-order valence-electron chi connectivity index (χ0n) is 13.3. The van der Waals surface area contributed by atoms with Crippen LogP contribution in [0.5, 0.6) is 0 Å². The topological polar surface area (TPSA) is 51.2 Å². The minimum atomic E-state index is -0.938. The van der Waals surface area contributed by atoms with Crippen LogP contribution in [0.4, 0.5) is 13.9 Å². The molecule has 1 aromatic heterocycles. The first-order chi connectivity index (χ1) is 12.1. The second kappa shape index (κ2) is 7.50. The Morgan fingerprint density at radius 2 is 1.92 bits per heavy atom. The highest BCUT2D eigenvalue weighted by molar-refractivity contribution is 7.14. The summed E-state index contributed by atoms with van der Waals surface area (Å²) >= 11 is 1.21. The predicted molar refractivity (Wildman–Crippen MR) is 92.6 cm³/mol. The van der Waals surface area contributed by atoms with Crippen LogP contribution >= 0.6 is 11.3 Å². The SMILES string of the molecule is COCc1ccc(C(=O)Nc2nc(-c3ccc(F)c(F)c3)cs2)cc1. The molecule has 1 amide bonds. The van der Waals surface area contributed by atoms with Crippen molar-refractivity contribution in [1.29, 1.82) is 0 Å². The number of nitrogens with one attached hydrogen (secondary N) is 1. The number of anilines is 1. The molecule has 1 N–H and O–H groups in total. The first-order valence-electron chi connectivity index (χ1n) is 7.37. The van der Waals surface area contributed by atoms with Gasteiger partial charge in [-0.15, -0.1) is 11.3 Å². The maximum Gasteiger partial charge on any atom is 0.257 e. The number of rotatable bonds is 5. The molecule has 0 fully saturated rings. The van der Waals surface area contributed by atoms with Crippen molar-refractivity contribution in [3.63, 3.8) is 0 Å². The maximum absolute atomic E-state index is 13.3. The molecule has 0 radical (unpaired) electrons. The lowest BCUT2D eigenvalue weighted by Gasteiger charge is -2.03. The minimum absolute atomic E-state index is 0.296. The van der Waals surface area contributed by atoms with Gasteiger partial charge in [0, 0.05) is 23.6 Å². The summed E-state index contributed by atoms with van der Waals surface area (Å²) in [5.41, 5.74) is 2.37. The average molecular weight is 360 g/mol. The van der Waals surface area contributed by atoms with Gasteiger partial charge in [-0.25, -0.2) is 13.8 Å². The minimum Gasteiger partial charge on any atom is -0.380 e. The number of benzene rings is 2. The van der Waals surface area contributed by atoms with Crippen LogP contribution in [0.25, 0.3) is 11.3 Å². The van der Waals surface area contributed by atoms with E-state index in [9.17, 15) is 13.6 Å². The third-order valence-electron chi connectivity index (χ3n) is 3.47. The second-order valence-corrected chi connectivity index (χ2v) is 6.11. The third kappa shape index (κ3) is 4.07. The van der Waals surface area contributed by atoms with Gasteiger partial charge in [0.1, 0.15) is 0 Å². The zero-order valence-corrected chi connectivity index (χ0v) is 14.1. The molecule has 7 heteroatoms. The van der Waals surface area contributed by atoms with Gasteiger partial charge in [-0.1, -0.05) is 12.1 Å². The first kappa shape index (κ1) is 17.2. The molecule has 0 aliphatic carbocycles. The smallest absolute Gasteiger partial charge is 0.257 e. The lowest BCUT2D eigenvalue weighted by molar-refractivity contribution is 0.102. The van der Waals surface area contributed by atoms with Gasteiger partial charge >= 0.3 is 0 Å². The summed E-state index contributed by atoms with van der Waals surface area (Å²) in [4.78, 5) is 16.5. The van der Waals surface area contributed by atoms with E-state index in [0.29, 0.717) is 28.6 Å². The fourth-order valence-electron chi connectivity index (χ4n) is 2.21. The molecule has 0 aliphatic heterocycles. The van der Waals surface area contributed by atoms with Gasteiger partial charge < -0.3 is 4.74 Å². The summed E-state index contributed by atoms with van der Waals surface area (Å²) in [5.74, 6) is -2.15. The monoisotopic (exact) mass is 360 g/mol. The normalized spacial score (nSPS) is 10.7. The molecule has 0 bridgehead atoms. The number of nitrogens with zero attached hydrogens (tertiary/aromatic N) is 1. The van der Waals surface area contributed by atoms with E-state index in [1.807, 2.05) is 12.1 Å². The molecule has 1 heterocycles. The summed E-state index contributed by atoms with van der Waals surface area (Å²) in [5, 5.41) is 4.75. The molecule has 0 saturated carbocycles. The summed E-state index contributed by atoms with van der Waals surface area (Å²) in [6.45, 7) is 0.478. The molecule has 0 atom stereocenters. The van der Waals surface area contributed by atoms with E-state index < -0.39 is 11.6 Å². The number of carbonyl (C=O) groups is 1. The summed E-state index contributed by atoms with van der Waals surface area (Å²) in [6, 6.07) is 10.6. The lowest BCUT2D eigenvalue weighted by atomic mass is 10.1. The Morgan fingerprint density at radius 1 is 1.16 bits per heavy atom. The Morgan fingerprint density at radius 3 is 2.60 bits per heavy atom. The molecular formula is C18H14F2N2O2S. The Balaban J connectivity index is 1.72. The molecule has 0 spiro atoms. The third-order valence-corrected chi connectivity index (χ3v) is 4.22. The van der Waals surface area contributed by atoms with Gasteiger partial charge in [0.2, 0.25) is 0 Å². The largest absolute Gasteiger partial charge is 0.380 e. The number of halogens is 2. The van der Waals surface area contributed by atoms with Gasteiger partial charge in [-0.3, -0.25) is 10.1 Å². The van der Waals surface area contributed by atoms with Crippen molar-refractivity contribution in [2.75, 3.05) is 12.4 Å². The highest BCUT2D eigenvalue weighted by Crippen LogP contribution is 2.26. The van der Waals surface area contributed by atoms with Gasteiger partial charge in [-0.2, -0.15) is 0 Å². The van der Waals surface area contributed by atoms with Crippen molar-refractivity contribution >= 4 is 22.4 Å². The van der Waals surface area contributed by atoms with Crippen LogP contribution in [0, 0.1) is 11.6 Å². The van der Waals surface area contributed by atoms with Crippen molar-refractivity contribution in [1.82, 2.24) is 4.98 Å². The quantitative estimate of drug-likeness (QED) is 0.729. The van der Waals surface area contributed by atoms with Gasteiger partial charge in [0.15, 0.2) is 16.8 Å². The van der Waals surface area contributed by atoms with E-state index in [1.54, 1.807) is 24.6 Å². The summed E-state index contributed by atoms with van der Waals surface area (Å²) in [7, 11) is 1.60. The molecule has 2 aromatic carbocycles. The molecular weight excluding hydrogens is 346 g/mol. The summed E-state index contributed by atoms with van der Waals surface area (Å²) < 4.78 is 31.3. The van der Waals surface area contributed by atoms with Crippen LogP contribution < -0.4 is 5.32 Å². The number of ether oxygens (including phenoxy) is 1. The fourth-order valence-corrected chi connectivity index (χ4v) is 2.92. The molecule has 3 aromatic rings. The standard InChI is InChI=1S/C18H14F2N2O2S/c1-24-9-11-2-4-12(5-3-11)17(23)22-18-21-16(10-25-18)13-6-7-14(19)15(20)8-13/h2-8,10H,9H2,1H3,(H,21,22,23). The van der Waals surface area contributed by atoms with Gasteiger partial charge in [0.05, 0.1) is 12.3 Å². The molecule has 128 valence electrons. The van der Waals surface area contributed by atoms with Crippen LogP contribution in [0.2, 0.25) is 0 Å². The van der Waals surface area contributed by atoms with Crippen LogP contribution in [0.1, 0.15) is 15.9 Å². The number of aromatic nitrogens is 1. The van der Waals surface area contributed by atoms with Crippen LogP contribution in [-0.2, 0) is 11.3 Å².